The Balaban J connectivity index is 1.29. The Labute approximate surface area is 219 Å². The molecule has 4 aromatic rings. The van der Waals surface area contributed by atoms with Crippen LogP contribution in [0.3, 0.4) is 0 Å². The predicted molar refractivity (Wildman–Crippen MR) is 144 cm³/mol. The van der Waals surface area contributed by atoms with E-state index in [4.69, 9.17) is 14.5 Å². The molecule has 0 fully saturated rings. The zero-order chi connectivity index (χ0) is 25.8. The first-order valence-corrected chi connectivity index (χ1v) is 13.1. The molecule has 0 unspecified atom stereocenters. The van der Waals surface area contributed by atoms with Crippen LogP contribution >= 0.6 is 11.3 Å². The number of ether oxygens (including phenoxy) is 2. The van der Waals surface area contributed by atoms with Crippen LogP contribution in [0.2, 0.25) is 0 Å². The van der Waals surface area contributed by atoms with Crippen molar-refractivity contribution >= 4 is 39.2 Å². The standard InChI is InChI=1S/C28H28N4O4S/c1-3-13-32-14-12-23-21(15-32)26(20-6-4-5-7-22(20)29-23)27(34)36-16-25(33)31-28-30-24(17-37-28)18-8-10-19(35-2)11-9-18/h4-11,17H,3,12-16H2,1-2H3,(H,30,31,33). The van der Waals surface area contributed by atoms with Gasteiger partial charge >= 0.3 is 5.97 Å². The monoisotopic (exact) mass is 516 g/mol. The van der Waals surface area contributed by atoms with E-state index in [1.807, 2.05) is 53.9 Å². The zero-order valence-corrected chi connectivity index (χ0v) is 21.6. The average Bonchev–Trinajstić information content (AvgIpc) is 3.39. The minimum atomic E-state index is -0.513. The number of esters is 1. The second-order valence-electron chi connectivity index (χ2n) is 8.85. The number of nitrogens with zero attached hydrogens (tertiary/aromatic N) is 3. The molecule has 190 valence electrons. The fourth-order valence-corrected chi connectivity index (χ4v) is 5.31. The highest BCUT2D eigenvalue weighted by Gasteiger charge is 2.26. The Morgan fingerprint density at radius 3 is 2.70 bits per heavy atom. The number of rotatable bonds is 8. The highest BCUT2D eigenvalue weighted by molar-refractivity contribution is 7.14. The second kappa shape index (κ2) is 11.1. The van der Waals surface area contributed by atoms with Gasteiger partial charge in [0.2, 0.25) is 0 Å². The summed E-state index contributed by atoms with van der Waals surface area (Å²) in [5.41, 5.74) is 4.74. The average molecular weight is 517 g/mol. The highest BCUT2D eigenvalue weighted by atomic mass is 32.1. The lowest BCUT2D eigenvalue weighted by Gasteiger charge is -2.29. The fourth-order valence-electron chi connectivity index (χ4n) is 4.57. The van der Waals surface area contributed by atoms with Gasteiger partial charge in [0.15, 0.2) is 11.7 Å². The van der Waals surface area contributed by atoms with E-state index in [2.05, 4.69) is 22.1 Å². The molecule has 2 aromatic heterocycles. The lowest BCUT2D eigenvalue weighted by molar-refractivity contribution is -0.119. The van der Waals surface area contributed by atoms with Crippen LogP contribution in [0.4, 0.5) is 5.13 Å². The summed E-state index contributed by atoms with van der Waals surface area (Å²) in [7, 11) is 1.62. The van der Waals surface area contributed by atoms with Gasteiger partial charge in [0.25, 0.3) is 5.91 Å². The summed E-state index contributed by atoms with van der Waals surface area (Å²) in [6, 6.07) is 15.1. The zero-order valence-electron chi connectivity index (χ0n) is 20.8. The van der Waals surface area contributed by atoms with Gasteiger partial charge in [-0.25, -0.2) is 9.78 Å². The number of anilines is 1. The second-order valence-corrected chi connectivity index (χ2v) is 9.70. The van der Waals surface area contributed by atoms with E-state index in [0.717, 1.165) is 65.1 Å². The number of methoxy groups -OCH3 is 1. The molecule has 1 aliphatic rings. The van der Waals surface area contributed by atoms with Gasteiger partial charge in [0, 0.05) is 47.1 Å². The van der Waals surface area contributed by atoms with Crippen molar-refractivity contribution in [1.29, 1.82) is 0 Å². The Morgan fingerprint density at radius 2 is 1.92 bits per heavy atom. The van der Waals surface area contributed by atoms with Crippen LogP contribution in [-0.2, 0) is 22.5 Å². The molecule has 37 heavy (non-hydrogen) atoms. The smallest absolute Gasteiger partial charge is 0.339 e. The number of nitrogens with one attached hydrogen (secondary N) is 1. The van der Waals surface area contributed by atoms with Gasteiger partial charge in [0.05, 0.1) is 23.9 Å². The van der Waals surface area contributed by atoms with Crippen molar-refractivity contribution < 1.29 is 19.1 Å². The molecule has 0 atom stereocenters. The summed E-state index contributed by atoms with van der Waals surface area (Å²) in [4.78, 5) is 37.5. The summed E-state index contributed by atoms with van der Waals surface area (Å²) in [5.74, 6) is -0.194. The van der Waals surface area contributed by atoms with E-state index in [1.54, 1.807) is 7.11 Å². The molecule has 0 saturated carbocycles. The van der Waals surface area contributed by atoms with Gasteiger partial charge in [-0.3, -0.25) is 20.0 Å². The Bertz CT molecular complexity index is 1430. The molecule has 3 heterocycles. The molecule has 8 nitrogen and oxygen atoms in total. The lowest BCUT2D eigenvalue weighted by atomic mass is 9.95. The summed E-state index contributed by atoms with van der Waals surface area (Å²) >= 11 is 1.31. The van der Waals surface area contributed by atoms with Crippen LogP contribution in [0.1, 0.15) is 35.0 Å². The highest BCUT2D eigenvalue weighted by Crippen LogP contribution is 2.29. The molecule has 1 amide bonds. The molecule has 2 aromatic carbocycles. The molecule has 0 radical (unpaired) electrons. The van der Waals surface area contributed by atoms with Gasteiger partial charge in [-0.05, 0) is 43.3 Å². The Morgan fingerprint density at radius 1 is 1.11 bits per heavy atom. The van der Waals surface area contributed by atoms with Crippen molar-refractivity contribution in [1.82, 2.24) is 14.9 Å². The van der Waals surface area contributed by atoms with E-state index in [1.165, 1.54) is 11.3 Å². The quantitative estimate of drug-likeness (QED) is 0.332. The normalized spacial score (nSPS) is 13.2. The van der Waals surface area contributed by atoms with Gasteiger partial charge in [-0.15, -0.1) is 11.3 Å². The maximum Gasteiger partial charge on any atom is 0.339 e. The fraction of sp³-hybridized carbons (Fsp3) is 0.286. The predicted octanol–water partition coefficient (Wildman–Crippen LogP) is 4.93. The van der Waals surface area contributed by atoms with Crippen LogP contribution < -0.4 is 10.1 Å². The van der Waals surface area contributed by atoms with Crippen LogP contribution in [0.25, 0.3) is 22.2 Å². The van der Waals surface area contributed by atoms with Crippen molar-refractivity contribution in [2.45, 2.75) is 26.3 Å². The van der Waals surface area contributed by atoms with Crippen molar-refractivity contribution in [3.05, 3.63) is 70.7 Å². The van der Waals surface area contributed by atoms with Crippen LogP contribution in [0.5, 0.6) is 5.75 Å². The van der Waals surface area contributed by atoms with Gasteiger partial charge in [-0.1, -0.05) is 25.1 Å². The Hall–Kier alpha value is -3.82. The number of benzene rings is 2. The third kappa shape index (κ3) is 5.47. The van der Waals surface area contributed by atoms with Crippen molar-refractivity contribution in [2.24, 2.45) is 0 Å². The largest absolute Gasteiger partial charge is 0.497 e. The lowest BCUT2D eigenvalue weighted by Crippen LogP contribution is -2.33. The SMILES string of the molecule is CCCN1CCc2nc3ccccc3c(C(=O)OCC(=O)Nc3nc(-c4ccc(OC)cc4)cs3)c2C1. The number of aromatic nitrogens is 2. The minimum absolute atomic E-state index is 0.402. The van der Waals surface area contributed by atoms with E-state index in [0.29, 0.717) is 17.2 Å². The minimum Gasteiger partial charge on any atom is -0.497 e. The number of para-hydroxylation sites is 1. The number of carbonyl (C=O) groups is 2. The number of thiazole rings is 1. The van der Waals surface area contributed by atoms with E-state index in [-0.39, 0.29) is 0 Å². The number of hydrogen-bond acceptors (Lipinski definition) is 8. The summed E-state index contributed by atoms with van der Waals surface area (Å²) in [6.45, 7) is 4.25. The molecule has 0 saturated heterocycles. The molecule has 1 aliphatic heterocycles. The first kappa shape index (κ1) is 24.9. The van der Waals surface area contributed by atoms with Crippen LogP contribution in [0, 0.1) is 0 Å². The first-order valence-electron chi connectivity index (χ1n) is 12.3. The molecular weight excluding hydrogens is 488 g/mol. The third-order valence-electron chi connectivity index (χ3n) is 6.34. The molecular formula is C28H28N4O4S. The molecule has 0 spiro atoms. The van der Waals surface area contributed by atoms with Crippen molar-refractivity contribution in [3.8, 4) is 17.0 Å². The third-order valence-corrected chi connectivity index (χ3v) is 7.10. The van der Waals surface area contributed by atoms with Gasteiger partial charge < -0.3 is 9.47 Å². The molecule has 0 bridgehead atoms. The molecule has 0 aliphatic carbocycles. The maximum absolute atomic E-state index is 13.3. The van der Waals surface area contributed by atoms with Gasteiger partial charge in [0.1, 0.15) is 5.75 Å². The summed E-state index contributed by atoms with van der Waals surface area (Å²) in [6.07, 6.45) is 1.81. The number of amides is 1. The molecule has 9 heteroatoms. The van der Waals surface area contributed by atoms with Crippen molar-refractivity contribution in [3.63, 3.8) is 0 Å². The van der Waals surface area contributed by atoms with E-state index >= 15 is 0 Å². The van der Waals surface area contributed by atoms with Gasteiger partial charge in [-0.2, -0.15) is 0 Å². The maximum atomic E-state index is 13.3. The first-order chi connectivity index (χ1) is 18.1. The number of hydrogen-bond donors (Lipinski definition) is 1. The number of carbonyl (C=O) groups excluding carboxylic acids is 2. The summed E-state index contributed by atoms with van der Waals surface area (Å²) in [5, 5.41) is 5.78. The number of pyridine rings is 1. The van der Waals surface area contributed by atoms with Crippen LogP contribution in [-0.4, -0.2) is 53.6 Å². The van der Waals surface area contributed by atoms with Crippen molar-refractivity contribution in [2.75, 3.05) is 32.1 Å². The van der Waals surface area contributed by atoms with E-state index < -0.39 is 18.5 Å². The molecule has 1 N–H and O–H groups in total. The topological polar surface area (TPSA) is 93.7 Å². The summed E-state index contributed by atoms with van der Waals surface area (Å²) < 4.78 is 10.7. The van der Waals surface area contributed by atoms with E-state index in [9.17, 15) is 9.59 Å². The Kier molecular flexibility index (Phi) is 7.43. The van der Waals surface area contributed by atoms with Crippen LogP contribution in [0.15, 0.2) is 53.9 Å². The molecule has 5 rings (SSSR count). The number of fused-ring (bicyclic) bond motifs is 2.